The van der Waals surface area contributed by atoms with Crippen LogP contribution >= 0.6 is 15.9 Å². The molecule has 3 heteroatoms. The topological polar surface area (TPSA) is 29.5 Å². The summed E-state index contributed by atoms with van der Waals surface area (Å²) in [6, 6.07) is 11.7. The first-order valence-corrected chi connectivity index (χ1v) is 6.99. The van der Waals surface area contributed by atoms with Crippen molar-refractivity contribution in [2.75, 3.05) is 0 Å². The Labute approximate surface area is 122 Å². The van der Waals surface area contributed by atoms with E-state index >= 15 is 0 Å². The average Bonchev–Trinajstić information content (AvgIpc) is 2.33. The van der Waals surface area contributed by atoms with Crippen LogP contribution in [0.25, 0.3) is 0 Å². The Bertz CT molecular complexity index is 591. The second-order valence-electron chi connectivity index (χ2n) is 4.73. The van der Waals surface area contributed by atoms with Crippen LogP contribution in [-0.4, -0.2) is 5.11 Å². The summed E-state index contributed by atoms with van der Waals surface area (Å²) in [5.41, 5.74) is 3.12. The van der Waals surface area contributed by atoms with Gasteiger partial charge in [0.15, 0.2) is 0 Å². The lowest BCUT2D eigenvalue weighted by atomic mass is 10.1. The highest BCUT2D eigenvalue weighted by atomic mass is 79.9. The van der Waals surface area contributed by atoms with Crippen LogP contribution in [0.15, 0.2) is 40.9 Å². The van der Waals surface area contributed by atoms with Gasteiger partial charge in [-0.3, -0.25) is 0 Å². The first kappa shape index (κ1) is 14.1. The largest absolute Gasteiger partial charge is 0.457 e. The smallest absolute Gasteiger partial charge is 0.130 e. The first-order chi connectivity index (χ1) is 8.97. The molecular formula is C16H17BrO2. The van der Waals surface area contributed by atoms with Gasteiger partial charge < -0.3 is 9.84 Å². The Morgan fingerprint density at radius 2 is 1.84 bits per heavy atom. The third-order valence-electron chi connectivity index (χ3n) is 2.99. The highest BCUT2D eigenvalue weighted by Gasteiger charge is 2.08. The maximum atomic E-state index is 9.59. The van der Waals surface area contributed by atoms with Crippen LogP contribution in [-0.2, 0) is 0 Å². The van der Waals surface area contributed by atoms with Crippen LogP contribution in [0.2, 0.25) is 0 Å². The summed E-state index contributed by atoms with van der Waals surface area (Å²) in [5.74, 6) is 1.61. The summed E-state index contributed by atoms with van der Waals surface area (Å²) in [6.07, 6.45) is -0.496. The Hall–Kier alpha value is -1.32. The number of aliphatic hydroxyl groups excluding tert-OH is 1. The zero-order chi connectivity index (χ0) is 14.0. The molecule has 0 unspecified atom stereocenters. The fraction of sp³-hybridized carbons (Fsp3) is 0.250. The number of rotatable bonds is 3. The molecule has 0 bridgehead atoms. The number of hydrogen-bond acceptors (Lipinski definition) is 2. The molecule has 0 fully saturated rings. The van der Waals surface area contributed by atoms with E-state index in [1.54, 1.807) is 6.92 Å². The molecule has 2 aromatic rings. The van der Waals surface area contributed by atoms with Crippen molar-refractivity contribution in [3.8, 4) is 11.5 Å². The highest BCUT2D eigenvalue weighted by molar-refractivity contribution is 9.10. The van der Waals surface area contributed by atoms with Gasteiger partial charge in [-0.2, -0.15) is 0 Å². The minimum absolute atomic E-state index is 0.496. The average molecular weight is 321 g/mol. The minimum atomic E-state index is -0.496. The molecular weight excluding hydrogens is 304 g/mol. The van der Waals surface area contributed by atoms with E-state index in [1.807, 2.05) is 44.2 Å². The molecule has 0 saturated heterocycles. The van der Waals surface area contributed by atoms with Gasteiger partial charge >= 0.3 is 0 Å². The van der Waals surface area contributed by atoms with Crippen molar-refractivity contribution in [1.82, 2.24) is 0 Å². The predicted octanol–water partition coefficient (Wildman–Crippen LogP) is 4.91. The number of halogens is 1. The van der Waals surface area contributed by atoms with Crippen molar-refractivity contribution in [3.63, 3.8) is 0 Å². The monoisotopic (exact) mass is 320 g/mol. The molecule has 2 nitrogen and oxygen atoms in total. The molecule has 1 atom stereocenters. The quantitative estimate of drug-likeness (QED) is 0.870. The molecule has 0 amide bonds. The van der Waals surface area contributed by atoms with Crippen LogP contribution < -0.4 is 4.74 Å². The molecule has 0 aliphatic heterocycles. The van der Waals surface area contributed by atoms with Gasteiger partial charge in [-0.25, -0.2) is 0 Å². The van der Waals surface area contributed by atoms with Crippen LogP contribution in [0.3, 0.4) is 0 Å². The minimum Gasteiger partial charge on any atom is -0.457 e. The van der Waals surface area contributed by atoms with Crippen molar-refractivity contribution < 1.29 is 9.84 Å². The van der Waals surface area contributed by atoms with Gasteiger partial charge in [0.1, 0.15) is 11.5 Å². The molecule has 100 valence electrons. The molecule has 0 spiro atoms. The van der Waals surface area contributed by atoms with Gasteiger partial charge in [0.25, 0.3) is 0 Å². The van der Waals surface area contributed by atoms with Crippen LogP contribution in [0.4, 0.5) is 0 Å². The summed E-state index contributed by atoms with van der Waals surface area (Å²) in [4.78, 5) is 0. The van der Waals surface area contributed by atoms with E-state index in [0.29, 0.717) is 0 Å². The van der Waals surface area contributed by atoms with Gasteiger partial charge in [0.05, 0.1) is 6.10 Å². The summed E-state index contributed by atoms with van der Waals surface area (Å²) < 4.78 is 6.75. The third kappa shape index (κ3) is 3.37. The van der Waals surface area contributed by atoms with Gasteiger partial charge in [0.2, 0.25) is 0 Å². The first-order valence-electron chi connectivity index (χ1n) is 6.20. The molecule has 19 heavy (non-hydrogen) atoms. The molecule has 0 aromatic heterocycles. The van der Waals surface area contributed by atoms with E-state index < -0.39 is 6.10 Å². The summed E-state index contributed by atoms with van der Waals surface area (Å²) in [5, 5.41) is 9.59. The fourth-order valence-corrected chi connectivity index (χ4v) is 2.54. The maximum Gasteiger partial charge on any atom is 0.130 e. The van der Waals surface area contributed by atoms with Crippen LogP contribution in [0.5, 0.6) is 11.5 Å². The van der Waals surface area contributed by atoms with E-state index in [2.05, 4.69) is 22.0 Å². The number of hydrogen-bond donors (Lipinski definition) is 1. The van der Waals surface area contributed by atoms with Crippen molar-refractivity contribution >= 4 is 15.9 Å². The van der Waals surface area contributed by atoms with Gasteiger partial charge in [-0.15, -0.1) is 0 Å². The van der Waals surface area contributed by atoms with Gasteiger partial charge in [0, 0.05) is 4.47 Å². The fourth-order valence-electron chi connectivity index (χ4n) is 1.85. The zero-order valence-corrected chi connectivity index (χ0v) is 12.9. The summed E-state index contributed by atoms with van der Waals surface area (Å²) in [6.45, 7) is 5.80. The normalized spacial score (nSPS) is 12.3. The van der Waals surface area contributed by atoms with E-state index in [1.165, 1.54) is 5.56 Å². The maximum absolute atomic E-state index is 9.59. The number of benzene rings is 2. The lowest BCUT2D eigenvalue weighted by Crippen LogP contribution is -1.94. The lowest BCUT2D eigenvalue weighted by molar-refractivity contribution is 0.198. The predicted molar refractivity (Wildman–Crippen MR) is 80.8 cm³/mol. The Morgan fingerprint density at radius 3 is 2.47 bits per heavy atom. The van der Waals surface area contributed by atoms with Gasteiger partial charge in [-0.05, 0) is 55.7 Å². The summed E-state index contributed by atoms with van der Waals surface area (Å²) >= 11 is 3.45. The molecule has 1 N–H and O–H groups in total. The molecule has 0 saturated carbocycles. The Kier molecular flexibility index (Phi) is 4.27. The van der Waals surface area contributed by atoms with E-state index in [9.17, 15) is 5.11 Å². The van der Waals surface area contributed by atoms with E-state index in [4.69, 9.17) is 4.74 Å². The van der Waals surface area contributed by atoms with Crippen molar-refractivity contribution in [2.24, 2.45) is 0 Å². The molecule has 2 rings (SSSR count). The Balaban J connectivity index is 2.29. The number of ether oxygens (including phenoxy) is 1. The molecule has 0 heterocycles. The number of aliphatic hydroxyl groups is 1. The molecule has 2 aromatic carbocycles. The van der Waals surface area contributed by atoms with Crippen LogP contribution in [0.1, 0.15) is 29.7 Å². The molecule has 0 aliphatic rings. The van der Waals surface area contributed by atoms with Crippen LogP contribution in [0, 0.1) is 13.8 Å². The second kappa shape index (κ2) is 5.76. The SMILES string of the molecule is Cc1ccc(C)c(Oc2ccc([C@H](C)O)c(Br)c2)c1. The Morgan fingerprint density at radius 1 is 1.11 bits per heavy atom. The van der Waals surface area contributed by atoms with Crippen molar-refractivity contribution in [1.29, 1.82) is 0 Å². The standard InChI is InChI=1S/C16H17BrO2/c1-10-4-5-11(2)16(8-10)19-13-6-7-14(12(3)18)15(17)9-13/h4-9,12,18H,1-3H3/t12-/m0/s1. The van der Waals surface area contributed by atoms with E-state index in [0.717, 1.165) is 27.1 Å². The molecule has 0 aliphatic carbocycles. The second-order valence-corrected chi connectivity index (χ2v) is 5.58. The third-order valence-corrected chi connectivity index (χ3v) is 3.68. The molecule has 0 radical (unpaired) electrons. The van der Waals surface area contributed by atoms with Crippen molar-refractivity contribution in [3.05, 3.63) is 57.6 Å². The van der Waals surface area contributed by atoms with E-state index in [-0.39, 0.29) is 0 Å². The lowest BCUT2D eigenvalue weighted by Gasteiger charge is -2.12. The van der Waals surface area contributed by atoms with Gasteiger partial charge in [-0.1, -0.05) is 34.1 Å². The zero-order valence-electron chi connectivity index (χ0n) is 11.3. The summed E-state index contributed by atoms with van der Waals surface area (Å²) in [7, 11) is 0. The number of aryl methyl sites for hydroxylation is 2. The van der Waals surface area contributed by atoms with Crippen molar-refractivity contribution in [2.45, 2.75) is 26.9 Å². The highest BCUT2D eigenvalue weighted by Crippen LogP contribution is 2.31.